The van der Waals surface area contributed by atoms with Gasteiger partial charge in [0.2, 0.25) is 0 Å². The summed E-state index contributed by atoms with van der Waals surface area (Å²) in [5, 5.41) is 13.1. The molecule has 1 fully saturated rings. The first-order valence-corrected chi connectivity index (χ1v) is 7.99. The maximum Gasteiger partial charge on any atom is 0.130 e. The molecule has 2 rings (SSSR count). The van der Waals surface area contributed by atoms with Gasteiger partial charge in [-0.05, 0) is 45.4 Å². The number of hydrogen-bond acceptors (Lipinski definition) is 3. The minimum atomic E-state index is -0.303. The Bertz CT molecular complexity index is 464. The van der Waals surface area contributed by atoms with Gasteiger partial charge in [0, 0.05) is 36.3 Å². The SMILES string of the molecule is CCCNC(C)c1c(F)cccc1N1CCC(C(C)O)C1. The van der Waals surface area contributed by atoms with Crippen molar-refractivity contribution in [1.82, 2.24) is 5.32 Å². The maximum absolute atomic E-state index is 14.3. The van der Waals surface area contributed by atoms with Gasteiger partial charge < -0.3 is 15.3 Å². The highest BCUT2D eigenvalue weighted by Gasteiger charge is 2.28. The van der Waals surface area contributed by atoms with Crippen LogP contribution >= 0.6 is 0 Å². The van der Waals surface area contributed by atoms with Gasteiger partial charge in [0.25, 0.3) is 0 Å². The van der Waals surface area contributed by atoms with Crippen LogP contribution in [0.15, 0.2) is 18.2 Å². The Hall–Kier alpha value is -1.13. The van der Waals surface area contributed by atoms with E-state index in [0.29, 0.717) is 0 Å². The Labute approximate surface area is 127 Å². The molecule has 4 heteroatoms. The molecule has 1 heterocycles. The van der Waals surface area contributed by atoms with Gasteiger partial charge in [0.05, 0.1) is 6.10 Å². The molecule has 0 radical (unpaired) electrons. The molecule has 1 saturated heterocycles. The van der Waals surface area contributed by atoms with Crippen molar-refractivity contribution >= 4 is 5.69 Å². The Morgan fingerprint density at radius 2 is 2.19 bits per heavy atom. The molecule has 3 atom stereocenters. The fraction of sp³-hybridized carbons (Fsp3) is 0.647. The van der Waals surface area contributed by atoms with Crippen molar-refractivity contribution in [2.45, 2.75) is 45.8 Å². The molecule has 3 nitrogen and oxygen atoms in total. The molecule has 0 aromatic heterocycles. The summed E-state index contributed by atoms with van der Waals surface area (Å²) in [5.74, 6) is 0.129. The fourth-order valence-corrected chi connectivity index (χ4v) is 3.09. The second-order valence-electron chi connectivity index (χ2n) is 6.08. The van der Waals surface area contributed by atoms with Crippen LogP contribution in [0.3, 0.4) is 0 Å². The van der Waals surface area contributed by atoms with Crippen LogP contribution in [0, 0.1) is 11.7 Å². The predicted octanol–water partition coefficient (Wildman–Crippen LogP) is 3.09. The number of rotatable bonds is 6. The number of anilines is 1. The molecule has 1 aromatic rings. The average Bonchev–Trinajstić information content (AvgIpc) is 2.94. The maximum atomic E-state index is 14.3. The summed E-state index contributed by atoms with van der Waals surface area (Å²) in [6.07, 6.45) is 1.69. The number of nitrogens with one attached hydrogen (secondary N) is 1. The second kappa shape index (κ2) is 7.23. The largest absolute Gasteiger partial charge is 0.393 e. The smallest absolute Gasteiger partial charge is 0.130 e. The molecule has 2 N–H and O–H groups in total. The number of aliphatic hydroxyl groups excluding tert-OH is 1. The summed E-state index contributed by atoms with van der Waals surface area (Å²) in [5.41, 5.74) is 1.71. The van der Waals surface area contributed by atoms with Gasteiger partial charge in [0.15, 0.2) is 0 Å². The topological polar surface area (TPSA) is 35.5 Å². The minimum absolute atomic E-state index is 0.00764. The number of hydrogen-bond donors (Lipinski definition) is 2. The normalized spacial score (nSPS) is 21.6. The Kier molecular flexibility index (Phi) is 5.59. The third kappa shape index (κ3) is 3.74. The van der Waals surface area contributed by atoms with Crippen molar-refractivity contribution in [3.8, 4) is 0 Å². The van der Waals surface area contributed by atoms with Crippen molar-refractivity contribution < 1.29 is 9.50 Å². The zero-order chi connectivity index (χ0) is 15.4. The lowest BCUT2D eigenvalue weighted by Crippen LogP contribution is -2.27. The third-order valence-corrected chi connectivity index (χ3v) is 4.41. The molecule has 1 aromatic carbocycles. The first kappa shape index (κ1) is 16.2. The monoisotopic (exact) mass is 294 g/mol. The standard InChI is InChI=1S/C17H27FN2O/c1-4-9-19-12(2)17-15(18)6-5-7-16(17)20-10-8-14(11-20)13(3)21/h5-7,12-14,19,21H,4,8-11H2,1-3H3. The van der Waals surface area contributed by atoms with Crippen LogP contribution in [0.25, 0.3) is 0 Å². The molecular weight excluding hydrogens is 267 g/mol. The molecule has 0 saturated carbocycles. The molecule has 1 aliphatic heterocycles. The van der Waals surface area contributed by atoms with Crippen LogP contribution in [0.4, 0.5) is 10.1 Å². The molecule has 0 spiro atoms. The number of nitrogens with zero attached hydrogens (tertiary/aromatic N) is 1. The molecule has 0 amide bonds. The Balaban J connectivity index is 2.22. The Morgan fingerprint density at radius 3 is 2.81 bits per heavy atom. The molecule has 3 unspecified atom stereocenters. The van der Waals surface area contributed by atoms with E-state index in [0.717, 1.165) is 43.7 Å². The van der Waals surface area contributed by atoms with E-state index in [2.05, 4.69) is 17.1 Å². The summed E-state index contributed by atoms with van der Waals surface area (Å²) in [6, 6.07) is 5.29. The van der Waals surface area contributed by atoms with Gasteiger partial charge in [-0.25, -0.2) is 4.39 Å². The number of halogens is 1. The number of aliphatic hydroxyl groups is 1. The van der Waals surface area contributed by atoms with Crippen molar-refractivity contribution in [2.75, 3.05) is 24.5 Å². The van der Waals surface area contributed by atoms with Gasteiger partial charge in [0.1, 0.15) is 5.82 Å². The zero-order valence-electron chi connectivity index (χ0n) is 13.3. The van der Waals surface area contributed by atoms with Crippen LogP contribution in [0.1, 0.15) is 45.2 Å². The summed E-state index contributed by atoms with van der Waals surface area (Å²) in [6.45, 7) is 8.52. The van der Waals surface area contributed by atoms with Gasteiger partial charge in [-0.2, -0.15) is 0 Å². The third-order valence-electron chi connectivity index (χ3n) is 4.41. The lowest BCUT2D eigenvalue weighted by molar-refractivity contribution is 0.136. The van der Waals surface area contributed by atoms with E-state index in [1.165, 1.54) is 6.07 Å². The molecule has 21 heavy (non-hydrogen) atoms. The van der Waals surface area contributed by atoms with Gasteiger partial charge >= 0.3 is 0 Å². The van der Waals surface area contributed by atoms with Crippen LogP contribution in [-0.4, -0.2) is 30.8 Å². The van der Waals surface area contributed by atoms with E-state index in [1.54, 1.807) is 6.07 Å². The van der Waals surface area contributed by atoms with Crippen LogP contribution < -0.4 is 10.2 Å². The van der Waals surface area contributed by atoms with E-state index < -0.39 is 0 Å². The van der Waals surface area contributed by atoms with E-state index in [-0.39, 0.29) is 23.9 Å². The van der Waals surface area contributed by atoms with E-state index >= 15 is 0 Å². The van der Waals surface area contributed by atoms with E-state index in [9.17, 15) is 9.50 Å². The van der Waals surface area contributed by atoms with E-state index in [4.69, 9.17) is 0 Å². The lowest BCUT2D eigenvalue weighted by Gasteiger charge is -2.26. The summed E-state index contributed by atoms with van der Waals surface area (Å²) < 4.78 is 14.3. The molecular formula is C17H27FN2O. The Morgan fingerprint density at radius 1 is 1.43 bits per heavy atom. The van der Waals surface area contributed by atoms with Gasteiger partial charge in [-0.3, -0.25) is 0 Å². The zero-order valence-corrected chi connectivity index (χ0v) is 13.3. The van der Waals surface area contributed by atoms with Crippen molar-refractivity contribution in [2.24, 2.45) is 5.92 Å². The molecule has 1 aliphatic rings. The highest BCUT2D eigenvalue weighted by atomic mass is 19.1. The summed E-state index contributed by atoms with van der Waals surface area (Å²) >= 11 is 0. The van der Waals surface area contributed by atoms with Crippen LogP contribution in [0.5, 0.6) is 0 Å². The molecule has 0 bridgehead atoms. The van der Waals surface area contributed by atoms with Crippen LogP contribution in [0.2, 0.25) is 0 Å². The minimum Gasteiger partial charge on any atom is -0.393 e. The van der Waals surface area contributed by atoms with Crippen molar-refractivity contribution in [1.29, 1.82) is 0 Å². The molecule has 118 valence electrons. The van der Waals surface area contributed by atoms with Crippen LogP contribution in [-0.2, 0) is 0 Å². The van der Waals surface area contributed by atoms with E-state index in [1.807, 2.05) is 19.9 Å². The van der Waals surface area contributed by atoms with Gasteiger partial charge in [-0.1, -0.05) is 13.0 Å². The quantitative estimate of drug-likeness (QED) is 0.846. The fourth-order valence-electron chi connectivity index (χ4n) is 3.09. The first-order valence-electron chi connectivity index (χ1n) is 7.99. The summed E-state index contributed by atoms with van der Waals surface area (Å²) in [7, 11) is 0. The lowest BCUT2D eigenvalue weighted by atomic mass is 10.0. The second-order valence-corrected chi connectivity index (χ2v) is 6.08. The first-order chi connectivity index (χ1) is 10.0. The highest BCUT2D eigenvalue weighted by molar-refractivity contribution is 5.56. The average molecular weight is 294 g/mol. The van der Waals surface area contributed by atoms with Gasteiger partial charge in [-0.15, -0.1) is 0 Å². The van der Waals surface area contributed by atoms with Crippen molar-refractivity contribution in [3.05, 3.63) is 29.6 Å². The molecule has 0 aliphatic carbocycles. The summed E-state index contributed by atoms with van der Waals surface area (Å²) in [4.78, 5) is 2.21. The van der Waals surface area contributed by atoms with Crippen molar-refractivity contribution in [3.63, 3.8) is 0 Å². The predicted molar refractivity (Wildman–Crippen MR) is 85.1 cm³/mol. The highest BCUT2D eigenvalue weighted by Crippen LogP contribution is 2.33. The number of benzene rings is 1.